The molecule has 0 saturated heterocycles. The summed E-state index contributed by atoms with van der Waals surface area (Å²) in [5, 5.41) is -2.51. The third kappa shape index (κ3) is 2.15. The molecule has 1 aromatic carbocycles. The van der Waals surface area contributed by atoms with Crippen molar-refractivity contribution < 1.29 is 4.79 Å². The number of H-pyrrole nitrogens is 1. The first kappa shape index (κ1) is 16.8. The molecule has 3 rings (SSSR count). The fourth-order valence-electron chi connectivity index (χ4n) is 3.24. The molecule has 0 fully saturated rings. The van der Waals surface area contributed by atoms with E-state index in [9.17, 15) is 4.79 Å². The molecule has 1 aromatic heterocycles. The molecule has 0 saturated carbocycles. The molecule has 10 heteroatoms. The number of aromatic amines is 1. The van der Waals surface area contributed by atoms with E-state index in [0.29, 0.717) is 27.6 Å². The van der Waals surface area contributed by atoms with E-state index in [2.05, 4.69) is 4.98 Å². The van der Waals surface area contributed by atoms with E-state index in [1.807, 2.05) is 0 Å². The summed E-state index contributed by atoms with van der Waals surface area (Å²) in [6, 6.07) is 1.60. The summed E-state index contributed by atoms with van der Waals surface area (Å²) in [6.07, 6.45) is 0.0869. The Labute approximate surface area is 147 Å². The van der Waals surface area contributed by atoms with Crippen LogP contribution in [0.25, 0.3) is 10.9 Å². The van der Waals surface area contributed by atoms with Crippen LogP contribution in [0.1, 0.15) is 17.2 Å². The number of aromatic nitrogens is 1. The highest BCUT2D eigenvalue weighted by Crippen LogP contribution is 2.58. The number of nitrogens with one attached hydrogen (secondary N) is 1. The molecule has 23 heavy (non-hydrogen) atoms. The lowest BCUT2D eigenvalue weighted by atomic mass is 9.24. The van der Waals surface area contributed by atoms with Crippen LogP contribution in [-0.2, 0) is 11.2 Å². The molecule has 3 N–H and O–H groups in total. The van der Waals surface area contributed by atoms with Crippen molar-refractivity contribution in [1.29, 1.82) is 0 Å². The van der Waals surface area contributed by atoms with E-state index in [1.165, 1.54) is 0 Å². The number of fused-ring (bicyclic) bond motifs is 3. The van der Waals surface area contributed by atoms with Gasteiger partial charge in [0.15, 0.2) is 0 Å². The third-order valence-corrected chi connectivity index (χ3v) is 4.97. The number of amides is 1. The van der Waals surface area contributed by atoms with Crippen LogP contribution in [0.2, 0.25) is 15.5 Å². The Morgan fingerprint density at radius 2 is 1.91 bits per heavy atom. The minimum atomic E-state index is -1.74. The van der Waals surface area contributed by atoms with Gasteiger partial charge in [0.1, 0.15) is 15.7 Å². The van der Waals surface area contributed by atoms with E-state index in [4.69, 9.17) is 64.4 Å². The van der Waals surface area contributed by atoms with Gasteiger partial charge in [0.25, 0.3) is 0 Å². The number of carbonyl (C=O) groups excluding carboxylic acids is 1. The van der Waals surface area contributed by atoms with Gasteiger partial charge in [-0.15, -0.1) is 5.21 Å². The molecule has 12 radical (unpaired) electrons. The number of primary amides is 1. The van der Waals surface area contributed by atoms with Crippen molar-refractivity contribution >= 4 is 86.4 Å². The quantitative estimate of drug-likeness (QED) is 0.615. The van der Waals surface area contributed by atoms with Crippen LogP contribution in [-0.4, -0.2) is 58.0 Å². The Hall–Kier alpha value is -1.09. The van der Waals surface area contributed by atoms with Crippen LogP contribution in [0.15, 0.2) is 6.07 Å². The van der Waals surface area contributed by atoms with E-state index in [0.717, 1.165) is 0 Å². The molecule has 3 nitrogen and oxygen atoms in total. The Bertz CT molecular complexity index is 847. The molecule has 1 aliphatic rings. The van der Waals surface area contributed by atoms with Crippen molar-refractivity contribution in [3.05, 3.63) is 22.3 Å². The first-order valence-corrected chi connectivity index (χ1v) is 7.19. The van der Waals surface area contributed by atoms with Crippen molar-refractivity contribution in [2.75, 3.05) is 0 Å². The highest BCUT2D eigenvalue weighted by molar-refractivity contribution is 6.57. The molecule has 0 bridgehead atoms. The predicted molar refractivity (Wildman–Crippen MR) is 98.1 cm³/mol. The maximum Gasteiger partial charge on any atom is 0.225 e. The van der Waals surface area contributed by atoms with Crippen molar-refractivity contribution in [2.24, 2.45) is 5.73 Å². The highest BCUT2D eigenvalue weighted by Gasteiger charge is 2.49. The zero-order valence-electron chi connectivity index (χ0n) is 12.2. The summed E-state index contributed by atoms with van der Waals surface area (Å²) < 4.78 is 0. The van der Waals surface area contributed by atoms with Gasteiger partial charge in [-0.2, -0.15) is 0 Å². The molecular weight excluding hydrogens is 300 g/mol. The van der Waals surface area contributed by atoms with Gasteiger partial charge < -0.3 is 10.7 Å². The second-order valence-corrected chi connectivity index (χ2v) is 6.50. The minimum absolute atomic E-state index is 0.0869. The summed E-state index contributed by atoms with van der Waals surface area (Å²) in [4.78, 5) is 15.0. The average molecular weight is 308 g/mol. The molecule has 1 amide bonds. The van der Waals surface area contributed by atoms with E-state index < -0.39 is 22.3 Å². The lowest BCUT2D eigenvalue weighted by molar-refractivity contribution is -0.120. The van der Waals surface area contributed by atoms with E-state index in [-0.39, 0.29) is 16.9 Å². The SMILES string of the molecule is [B]c1cc2[nH]c3c(c2c([B])c1Cl)CC([B])([B])C([B])([B])C3C(N)=O. The molecule has 1 unspecified atom stereocenters. The maximum atomic E-state index is 12.0. The van der Waals surface area contributed by atoms with Gasteiger partial charge in [-0.25, -0.2) is 0 Å². The number of benzene rings is 1. The second kappa shape index (κ2) is 4.95. The number of carbonyl (C=O) groups is 1. The summed E-state index contributed by atoms with van der Waals surface area (Å²) >= 11 is 6.11. The van der Waals surface area contributed by atoms with Crippen LogP contribution in [0.4, 0.5) is 0 Å². The Balaban J connectivity index is 2.42. The monoisotopic (exact) mass is 308 g/mol. The van der Waals surface area contributed by atoms with Crippen molar-refractivity contribution in [3.8, 4) is 0 Å². The number of nitrogens with two attached hydrogens (primary N) is 1. The van der Waals surface area contributed by atoms with Gasteiger partial charge >= 0.3 is 0 Å². The number of halogens is 1. The standard InChI is InChI=1S/C13H7B6ClN2O/c14-4-1-5-6(8(15)9(4)20)3-2-12(16,17)13(18,19)7(11(21)23)10(3)22-5/h1,7,22H,2H2,(H2,21,23). The van der Waals surface area contributed by atoms with Crippen LogP contribution in [0.5, 0.6) is 0 Å². The molecule has 1 heterocycles. The fourth-order valence-corrected chi connectivity index (χ4v) is 3.39. The topological polar surface area (TPSA) is 58.9 Å². The lowest BCUT2D eigenvalue weighted by Crippen LogP contribution is -2.47. The second-order valence-electron chi connectivity index (χ2n) is 6.12. The van der Waals surface area contributed by atoms with Crippen molar-refractivity contribution in [3.63, 3.8) is 0 Å². The normalized spacial score (nSPS) is 21.9. The first-order chi connectivity index (χ1) is 10.5. The molecule has 1 aliphatic carbocycles. The number of hydrogen-bond acceptors (Lipinski definition) is 1. The van der Waals surface area contributed by atoms with Gasteiger partial charge in [-0.05, 0) is 23.4 Å². The third-order valence-electron chi connectivity index (χ3n) is 4.55. The molecule has 100 valence electrons. The average Bonchev–Trinajstić information content (AvgIpc) is 2.72. The summed E-state index contributed by atoms with van der Waals surface area (Å²) in [7, 11) is 36.2. The van der Waals surface area contributed by atoms with Gasteiger partial charge in [-0.1, -0.05) is 27.7 Å². The predicted octanol–water partition coefficient (Wildman–Crippen LogP) is -1.56. The minimum Gasteiger partial charge on any atom is -0.369 e. The summed E-state index contributed by atoms with van der Waals surface area (Å²) in [5.41, 5.74) is 7.66. The molecule has 0 aliphatic heterocycles. The molecular formula is C13H7B6ClN2O. The summed E-state index contributed by atoms with van der Waals surface area (Å²) in [5.74, 6) is -1.87. The van der Waals surface area contributed by atoms with Gasteiger partial charge in [0.2, 0.25) is 5.91 Å². The number of rotatable bonds is 1. The van der Waals surface area contributed by atoms with Crippen LogP contribution >= 0.6 is 11.6 Å². The van der Waals surface area contributed by atoms with Gasteiger partial charge in [0.05, 0.1) is 37.3 Å². The van der Waals surface area contributed by atoms with Crippen LogP contribution < -0.4 is 16.7 Å². The fraction of sp³-hybridized carbons (Fsp3) is 0.308. The zero-order chi connectivity index (χ0) is 17.3. The molecule has 0 spiro atoms. The molecule has 1 atom stereocenters. The van der Waals surface area contributed by atoms with E-state index in [1.54, 1.807) is 6.07 Å². The van der Waals surface area contributed by atoms with Gasteiger partial charge in [0, 0.05) is 16.2 Å². The Morgan fingerprint density at radius 1 is 1.30 bits per heavy atom. The zero-order valence-corrected chi connectivity index (χ0v) is 12.9. The maximum absolute atomic E-state index is 12.0. The van der Waals surface area contributed by atoms with E-state index >= 15 is 0 Å². The lowest BCUT2D eigenvalue weighted by Gasteiger charge is -2.52. The smallest absolute Gasteiger partial charge is 0.225 e. The largest absolute Gasteiger partial charge is 0.369 e. The van der Waals surface area contributed by atoms with Crippen LogP contribution in [0, 0.1) is 0 Å². The number of hydrogen-bond donors (Lipinski definition) is 2. The summed E-state index contributed by atoms with van der Waals surface area (Å²) in [6.45, 7) is 0. The van der Waals surface area contributed by atoms with Gasteiger partial charge in [-0.3, -0.25) is 4.79 Å². The molecule has 2 aromatic rings. The van der Waals surface area contributed by atoms with Crippen molar-refractivity contribution in [2.45, 2.75) is 22.8 Å². The van der Waals surface area contributed by atoms with Crippen LogP contribution in [0.3, 0.4) is 0 Å². The highest BCUT2D eigenvalue weighted by atomic mass is 35.5. The first-order valence-electron chi connectivity index (χ1n) is 6.81. The van der Waals surface area contributed by atoms with Crippen molar-refractivity contribution in [1.82, 2.24) is 4.98 Å². The Morgan fingerprint density at radius 3 is 2.48 bits per heavy atom. The Kier molecular flexibility index (Phi) is 3.61.